The third kappa shape index (κ3) is 5.19. The molecule has 4 rings (SSSR count). The fraction of sp³-hybridized carbons (Fsp3) is 0.522. The zero-order valence-corrected chi connectivity index (χ0v) is 16.8. The fourth-order valence-corrected chi connectivity index (χ4v) is 4.14. The first-order chi connectivity index (χ1) is 14.3. The van der Waals surface area contributed by atoms with Gasteiger partial charge in [-0.3, -0.25) is 9.69 Å². The number of likely N-dealkylation sites (tertiary alicyclic amines) is 1. The maximum Gasteiger partial charge on any atom is 0.255 e. The second-order valence-electron chi connectivity index (χ2n) is 7.78. The molecule has 1 N–H and O–H groups in total. The van der Waals surface area contributed by atoms with Crippen molar-refractivity contribution in [2.45, 2.75) is 44.2 Å². The number of benzene rings is 1. The number of amides is 1. The summed E-state index contributed by atoms with van der Waals surface area (Å²) in [6.45, 7) is 3.84. The molecule has 3 heterocycles. The molecule has 1 aromatic heterocycles. The summed E-state index contributed by atoms with van der Waals surface area (Å²) in [6, 6.07) is 11.4. The quantitative estimate of drug-likeness (QED) is 0.733. The molecule has 2 aromatic rings. The van der Waals surface area contributed by atoms with E-state index in [-0.39, 0.29) is 18.1 Å². The van der Waals surface area contributed by atoms with Gasteiger partial charge in [-0.1, -0.05) is 18.6 Å². The lowest BCUT2D eigenvalue weighted by Gasteiger charge is -2.33. The van der Waals surface area contributed by atoms with E-state index in [1.807, 2.05) is 36.4 Å². The van der Waals surface area contributed by atoms with E-state index < -0.39 is 0 Å². The molecule has 2 saturated heterocycles. The first-order valence-corrected chi connectivity index (χ1v) is 10.7. The lowest BCUT2D eigenvalue weighted by atomic mass is 10.1. The number of rotatable bonds is 8. The number of carbonyl (C=O) groups excluding carboxylic acids is 1. The molecule has 0 saturated carbocycles. The van der Waals surface area contributed by atoms with Gasteiger partial charge in [0.05, 0.1) is 24.0 Å². The standard InChI is InChI=1S/C23H30N2O4/c26-23(19-9-2-3-10-21(19)29-17-18-8-6-14-27-18)24-16-20(22-11-7-15-28-22)25-12-4-1-5-13-25/h2-3,7,9-11,15,18,20H,1,4-6,8,12-14,16-17H2,(H,24,26)/t18-,20-/m0/s1. The Hall–Kier alpha value is -2.31. The summed E-state index contributed by atoms with van der Waals surface area (Å²) < 4.78 is 17.2. The summed E-state index contributed by atoms with van der Waals surface area (Å²) in [7, 11) is 0. The number of hydrogen-bond donors (Lipinski definition) is 1. The van der Waals surface area contributed by atoms with Crippen molar-refractivity contribution in [3.8, 4) is 5.75 Å². The molecule has 1 amide bonds. The zero-order valence-electron chi connectivity index (χ0n) is 16.8. The normalized spacial score (nSPS) is 21.0. The molecule has 2 aliphatic rings. The highest BCUT2D eigenvalue weighted by Gasteiger charge is 2.25. The Morgan fingerprint density at radius 1 is 1.14 bits per heavy atom. The average Bonchev–Trinajstić information content (AvgIpc) is 3.48. The number of hydrogen-bond acceptors (Lipinski definition) is 5. The number of carbonyl (C=O) groups is 1. The van der Waals surface area contributed by atoms with Gasteiger partial charge in [0.2, 0.25) is 0 Å². The van der Waals surface area contributed by atoms with Crippen LogP contribution in [0.15, 0.2) is 47.1 Å². The smallest absolute Gasteiger partial charge is 0.255 e. The van der Waals surface area contributed by atoms with Crippen LogP contribution in [0.2, 0.25) is 0 Å². The molecule has 0 spiro atoms. The number of nitrogens with one attached hydrogen (secondary N) is 1. The molecule has 2 aliphatic heterocycles. The first kappa shape index (κ1) is 20.0. The molecular formula is C23H30N2O4. The lowest BCUT2D eigenvalue weighted by Crippen LogP contribution is -2.40. The van der Waals surface area contributed by atoms with Crippen LogP contribution < -0.4 is 10.1 Å². The van der Waals surface area contributed by atoms with Crippen molar-refractivity contribution in [2.24, 2.45) is 0 Å². The van der Waals surface area contributed by atoms with Crippen molar-refractivity contribution in [1.29, 1.82) is 0 Å². The van der Waals surface area contributed by atoms with Gasteiger partial charge >= 0.3 is 0 Å². The zero-order chi connectivity index (χ0) is 19.9. The molecule has 0 unspecified atom stereocenters. The topological polar surface area (TPSA) is 63.9 Å². The van der Waals surface area contributed by atoms with Gasteiger partial charge < -0.3 is 19.2 Å². The Balaban J connectivity index is 1.40. The molecular weight excluding hydrogens is 368 g/mol. The predicted molar refractivity (Wildman–Crippen MR) is 110 cm³/mol. The summed E-state index contributed by atoms with van der Waals surface area (Å²) in [6.07, 6.45) is 7.53. The van der Waals surface area contributed by atoms with Crippen molar-refractivity contribution in [3.63, 3.8) is 0 Å². The van der Waals surface area contributed by atoms with Gasteiger partial charge in [0.1, 0.15) is 18.1 Å². The Labute approximate surface area is 172 Å². The molecule has 156 valence electrons. The largest absolute Gasteiger partial charge is 0.490 e. The van der Waals surface area contributed by atoms with Crippen LogP contribution in [-0.2, 0) is 4.74 Å². The maximum atomic E-state index is 12.9. The molecule has 6 heteroatoms. The Bertz CT molecular complexity index is 765. The SMILES string of the molecule is O=C(NC[C@@H](c1ccco1)N1CCCCC1)c1ccccc1OC[C@@H]1CCCO1. The van der Waals surface area contributed by atoms with Gasteiger partial charge in [0.25, 0.3) is 5.91 Å². The van der Waals surface area contributed by atoms with Crippen LogP contribution in [-0.4, -0.2) is 49.8 Å². The summed E-state index contributed by atoms with van der Waals surface area (Å²) in [5, 5.41) is 3.10. The molecule has 2 atom stereocenters. The molecule has 0 radical (unpaired) electrons. The predicted octanol–water partition coefficient (Wildman–Crippen LogP) is 3.79. The van der Waals surface area contributed by atoms with Gasteiger partial charge in [-0.2, -0.15) is 0 Å². The summed E-state index contributed by atoms with van der Waals surface area (Å²) in [5.74, 6) is 1.38. The number of nitrogens with zero attached hydrogens (tertiary/aromatic N) is 1. The summed E-state index contributed by atoms with van der Waals surface area (Å²) in [4.78, 5) is 15.4. The van der Waals surface area contributed by atoms with E-state index in [2.05, 4.69) is 10.2 Å². The summed E-state index contributed by atoms with van der Waals surface area (Å²) >= 11 is 0. The van der Waals surface area contributed by atoms with Gasteiger partial charge in [0.15, 0.2) is 0 Å². The van der Waals surface area contributed by atoms with E-state index in [9.17, 15) is 4.79 Å². The van der Waals surface area contributed by atoms with Crippen LogP contribution in [0, 0.1) is 0 Å². The molecule has 2 fully saturated rings. The van der Waals surface area contributed by atoms with Crippen molar-refractivity contribution in [1.82, 2.24) is 10.2 Å². The number of furan rings is 1. The van der Waals surface area contributed by atoms with E-state index in [1.54, 1.807) is 6.26 Å². The summed E-state index contributed by atoms with van der Waals surface area (Å²) in [5.41, 5.74) is 0.558. The molecule has 0 bridgehead atoms. The van der Waals surface area contributed by atoms with E-state index in [1.165, 1.54) is 19.3 Å². The monoisotopic (exact) mass is 398 g/mol. The minimum atomic E-state index is -0.124. The van der Waals surface area contributed by atoms with Crippen LogP contribution in [0.3, 0.4) is 0 Å². The van der Waals surface area contributed by atoms with Crippen LogP contribution in [0.4, 0.5) is 0 Å². The van der Waals surface area contributed by atoms with E-state index in [0.717, 1.165) is 38.3 Å². The van der Waals surface area contributed by atoms with Crippen LogP contribution in [0.1, 0.15) is 54.3 Å². The average molecular weight is 399 g/mol. The van der Waals surface area contributed by atoms with Crippen molar-refractivity contribution >= 4 is 5.91 Å². The lowest BCUT2D eigenvalue weighted by molar-refractivity contribution is 0.0669. The van der Waals surface area contributed by atoms with Crippen molar-refractivity contribution in [3.05, 3.63) is 54.0 Å². The van der Waals surface area contributed by atoms with E-state index in [4.69, 9.17) is 13.9 Å². The van der Waals surface area contributed by atoms with Crippen molar-refractivity contribution < 1.29 is 18.7 Å². The number of ether oxygens (including phenoxy) is 2. The number of para-hydroxylation sites is 1. The first-order valence-electron chi connectivity index (χ1n) is 10.7. The molecule has 1 aromatic carbocycles. The third-order valence-electron chi connectivity index (χ3n) is 5.74. The van der Waals surface area contributed by atoms with E-state index >= 15 is 0 Å². The Morgan fingerprint density at radius 2 is 2.00 bits per heavy atom. The second-order valence-corrected chi connectivity index (χ2v) is 7.78. The van der Waals surface area contributed by atoms with Gasteiger partial charge in [-0.25, -0.2) is 0 Å². The minimum Gasteiger partial charge on any atom is -0.490 e. The highest BCUT2D eigenvalue weighted by atomic mass is 16.5. The van der Waals surface area contributed by atoms with Gasteiger partial charge in [0, 0.05) is 13.2 Å². The highest BCUT2D eigenvalue weighted by Crippen LogP contribution is 2.25. The Kier molecular flexibility index (Phi) is 6.85. The highest BCUT2D eigenvalue weighted by molar-refractivity contribution is 5.96. The molecule has 6 nitrogen and oxygen atoms in total. The van der Waals surface area contributed by atoms with Crippen molar-refractivity contribution in [2.75, 3.05) is 32.8 Å². The van der Waals surface area contributed by atoms with E-state index in [0.29, 0.717) is 24.5 Å². The van der Waals surface area contributed by atoms with Gasteiger partial charge in [-0.15, -0.1) is 0 Å². The second kappa shape index (κ2) is 9.94. The van der Waals surface area contributed by atoms with Gasteiger partial charge in [-0.05, 0) is 63.0 Å². The van der Waals surface area contributed by atoms with Crippen LogP contribution in [0.5, 0.6) is 5.75 Å². The number of piperidine rings is 1. The molecule has 29 heavy (non-hydrogen) atoms. The van der Waals surface area contributed by atoms with Crippen LogP contribution >= 0.6 is 0 Å². The maximum absolute atomic E-state index is 12.9. The van der Waals surface area contributed by atoms with Crippen LogP contribution in [0.25, 0.3) is 0 Å². The third-order valence-corrected chi connectivity index (χ3v) is 5.74. The minimum absolute atomic E-state index is 0.0502. The molecule has 0 aliphatic carbocycles. The fourth-order valence-electron chi connectivity index (χ4n) is 4.14. The Morgan fingerprint density at radius 3 is 2.76 bits per heavy atom.